The number of hydrazine groups is 1. The molecule has 1 aliphatic rings. The molecule has 82 valence electrons. The zero-order chi connectivity index (χ0) is 11.1. The van der Waals surface area contributed by atoms with Crippen molar-refractivity contribution in [3.05, 3.63) is 34.8 Å². The lowest BCUT2D eigenvalue weighted by atomic mass is 10.3. The van der Waals surface area contributed by atoms with Crippen LogP contribution in [0.1, 0.15) is 6.92 Å². The molecule has 0 bridgehead atoms. The van der Waals surface area contributed by atoms with Crippen molar-refractivity contribution < 1.29 is 4.84 Å². The predicted octanol–water partition coefficient (Wildman–Crippen LogP) is 2.44. The van der Waals surface area contributed by atoms with Crippen molar-refractivity contribution in [2.24, 2.45) is 0 Å². The molecule has 2 N–H and O–H groups in total. The summed E-state index contributed by atoms with van der Waals surface area (Å²) in [6, 6.07) is 3.92. The molecule has 3 rings (SSSR count). The summed E-state index contributed by atoms with van der Waals surface area (Å²) in [6.07, 6.45) is 3.71. The minimum atomic E-state index is 0.777. The van der Waals surface area contributed by atoms with Crippen molar-refractivity contribution in [1.29, 1.82) is 0 Å². The van der Waals surface area contributed by atoms with Crippen LogP contribution < -0.4 is 10.6 Å². The number of H-pyrrole nitrogens is 1. The van der Waals surface area contributed by atoms with Gasteiger partial charge in [-0.25, -0.2) is 9.99 Å². The summed E-state index contributed by atoms with van der Waals surface area (Å²) in [7, 11) is 0. The van der Waals surface area contributed by atoms with E-state index in [0.29, 0.717) is 0 Å². The van der Waals surface area contributed by atoms with E-state index in [1.54, 1.807) is 5.01 Å². The van der Waals surface area contributed by atoms with Crippen LogP contribution in [0.3, 0.4) is 0 Å². The van der Waals surface area contributed by atoms with Gasteiger partial charge in [-0.1, -0.05) is 5.59 Å². The Bertz CT molecular complexity index is 577. The Labute approximate surface area is 100 Å². The molecule has 0 spiro atoms. The van der Waals surface area contributed by atoms with Gasteiger partial charge < -0.3 is 9.82 Å². The molecular formula is C10H9BrN4O. The Kier molecular flexibility index (Phi) is 2.12. The zero-order valence-electron chi connectivity index (χ0n) is 8.49. The predicted molar refractivity (Wildman–Crippen MR) is 64.3 cm³/mol. The van der Waals surface area contributed by atoms with Crippen LogP contribution in [-0.4, -0.2) is 9.97 Å². The molecule has 0 fully saturated rings. The third kappa shape index (κ3) is 1.46. The van der Waals surface area contributed by atoms with Crippen molar-refractivity contribution in [3.8, 4) is 0 Å². The fourth-order valence-corrected chi connectivity index (χ4v) is 2.00. The highest BCUT2D eigenvalue weighted by molar-refractivity contribution is 9.10. The molecule has 0 saturated heterocycles. The lowest BCUT2D eigenvalue weighted by Crippen LogP contribution is -2.27. The number of pyridine rings is 1. The van der Waals surface area contributed by atoms with E-state index in [4.69, 9.17) is 4.84 Å². The maximum Gasteiger partial charge on any atom is 0.152 e. The van der Waals surface area contributed by atoms with Crippen LogP contribution in [0.5, 0.6) is 0 Å². The van der Waals surface area contributed by atoms with Crippen molar-refractivity contribution in [2.75, 3.05) is 5.01 Å². The molecule has 5 nitrogen and oxygen atoms in total. The minimum absolute atomic E-state index is 0.777. The topological polar surface area (TPSA) is 53.2 Å². The molecule has 0 aromatic carbocycles. The molecule has 6 heteroatoms. The summed E-state index contributed by atoms with van der Waals surface area (Å²) in [5, 5.41) is 2.79. The van der Waals surface area contributed by atoms with Gasteiger partial charge in [-0.2, -0.15) is 0 Å². The smallest absolute Gasteiger partial charge is 0.152 e. The Hall–Kier alpha value is -1.53. The van der Waals surface area contributed by atoms with Gasteiger partial charge in [0.15, 0.2) is 5.82 Å². The molecule has 2 aromatic heterocycles. The lowest BCUT2D eigenvalue weighted by molar-refractivity contribution is 0.132. The summed E-state index contributed by atoms with van der Waals surface area (Å²) in [6.45, 7) is 1.87. The third-order valence-corrected chi connectivity index (χ3v) is 2.99. The van der Waals surface area contributed by atoms with Gasteiger partial charge in [0.25, 0.3) is 0 Å². The minimum Gasteiger partial charge on any atom is -0.392 e. The maximum atomic E-state index is 5.11. The van der Waals surface area contributed by atoms with Crippen LogP contribution >= 0.6 is 15.9 Å². The molecule has 2 aromatic rings. The van der Waals surface area contributed by atoms with Crippen LogP contribution in [0.25, 0.3) is 11.0 Å². The number of rotatable bonds is 1. The quantitative estimate of drug-likeness (QED) is 0.843. The highest BCUT2D eigenvalue weighted by Crippen LogP contribution is 2.25. The van der Waals surface area contributed by atoms with E-state index in [1.165, 1.54) is 0 Å². The van der Waals surface area contributed by atoms with Gasteiger partial charge in [-0.3, -0.25) is 0 Å². The monoisotopic (exact) mass is 280 g/mol. The van der Waals surface area contributed by atoms with Gasteiger partial charge in [0.2, 0.25) is 0 Å². The first-order valence-electron chi connectivity index (χ1n) is 4.78. The van der Waals surface area contributed by atoms with Gasteiger partial charge in [-0.15, -0.1) is 0 Å². The fourth-order valence-electron chi connectivity index (χ4n) is 1.56. The number of halogens is 1. The largest absolute Gasteiger partial charge is 0.392 e. The number of allylic oxidation sites excluding steroid dienone is 1. The van der Waals surface area contributed by atoms with Gasteiger partial charge in [0, 0.05) is 16.1 Å². The SMILES string of the molecule is CC1=CN(c2ccc3c(Br)c[nH]c3n2)NO1. The molecule has 0 radical (unpaired) electrons. The van der Waals surface area contributed by atoms with Gasteiger partial charge in [0.05, 0.1) is 6.20 Å². The second-order valence-electron chi connectivity index (χ2n) is 3.51. The number of anilines is 1. The van der Waals surface area contributed by atoms with Gasteiger partial charge in [-0.05, 0) is 35.0 Å². The van der Waals surface area contributed by atoms with Crippen molar-refractivity contribution in [2.45, 2.75) is 6.92 Å². The molecule has 3 heterocycles. The lowest BCUT2D eigenvalue weighted by Gasteiger charge is -2.12. The average Bonchev–Trinajstić information content (AvgIpc) is 2.86. The standard InChI is InChI=1S/C10H9BrN4O/c1-6-5-15(14-16-6)9-3-2-7-8(11)4-12-10(7)13-9/h2-5,14H,1H3,(H,12,13). The molecule has 0 saturated carbocycles. The summed E-state index contributed by atoms with van der Waals surface area (Å²) in [4.78, 5) is 12.7. The highest BCUT2D eigenvalue weighted by Gasteiger charge is 2.14. The van der Waals surface area contributed by atoms with Crippen LogP contribution in [0.2, 0.25) is 0 Å². The number of nitrogens with one attached hydrogen (secondary N) is 2. The van der Waals surface area contributed by atoms with Crippen molar-refractivity contribution in [1.82, 2.24) is 15.6 Å². The summed E-state index contributed by atoms with van der Waals surface area (Å²) in [5.41, 5.74) is 3.58. The Morgan fingerprint density at radius 3 is 3.06 bits per heavy atom. The van der Waals surface area contributed by atoms with Gasteiger partial charge >= 0.3 is 0 Å². The summed E-state index contributed by atoms with van der Waals surface area (Å²) in [5.74, 6) is 1.58. The number of aromatic nitrogens is 2. The Balaban J connectivity index is 2.05. The molecule has 0 amide bonds. The first kappa shape index (κ1) is 9.68. The van der Waals surface area contributed by atoms with Gasteiger partial charge in [0.1, 0.15) is 11.4 Å². The second-order valence-corrected chi connectivity index (χ2v) is 4.36. The first-order chi connectivity index (χ1) is 7.74. The van der Waals surface area contributed by atoms with Crippen LogP contribution in [0.15, 0.2) is 34.8 Å². The van der Waals surface area contributed by atoms with Crippen LogP contribution in [0.4, 0.5) is 5.82 Å². The fraction of sp³-hybridized carbons (Fsp3) is 0.100. The number of hydrogen-bond donors (Lipinski definition) is 2. The maximum absolute atomic E-state index is 5.11. The molecule has 0 atom stereocenters. The molecule has 0 unspecified atom stereocenters. The zero-order valence-corrected chi connectivity index (χ0v) is 10.1. The Morgan fingerprint density at radius 1 is 1.44 bits per heavy atom. The van der Waals surface area contributed by atoms with E-state index in [1.807, 2.05) is 31.5 Å². The second kappa shape index (κ2) is 3.50. The third-order valence-electron chi connectivity index (χ3n) is 2.34. The molecule has 1 aliphatic heterocycles. The number of fused-ring (bicyclic) bond motifs is 1. The van der Waals surface area contributed by atoms with Crippen molar-refractivity contribution in [3.63, 3.8) is 0 Å². The Morgan fingerprint density at radius 2 is 2.31 bits per heavy atom. The van der Waals surface area contributed by atoms with Crippen LogP contribution in [-0.2, 0) is 4.84 Å². The average molecular weight is 281 g/mol. The van der Waals surface area contributed by atoms with E-state index >= 15 is 0 Å². The summed E-state index contributed by atoms with van der Waals surface area (Å²) >= 11 is 3.45. The normalized spacial score (nSPS) is 15.4. The molecular weight excluding hydrogens is 272 g/mol. The van der Waals surface area contributed by atoms with E-state index in [2.05, 4.69) is 31.5 Å². The van der Waals surface area contributed by atoms with E-state index in [-0.39, 0.29) is 0 Å². The number of nitrogens with zero attached hydrogens (tertiary/aromatic N) is 2. The van der Waals surface area contributed by atoms with Crippen molar-refractivity contribution >= 4 is 32.8 Å². The number of aromatic amines is 1. The highest BCUT2D eigenvalue weighted by atomic mass is 79.9. The molecule has 16 heavy (non-hydrogen) atoms. The van der Waals surface area contributed by atoms with E-state index in [0.717, 1.165) is 27.1 Å². The van der Waals surface area contributed by atoms with E-state index in [9.17, 15) is 0 Å². The first-order valence-corrected chi connectivity index (χ1v) is 5.57. The summed E-state index contributed by atoms with van der Waals surface area (Å²) < 4.78 is 1.01. The van der Waals surface area contributed by atoms with Crippen LogP contribution in [0, 0.1) is 0 Å². The molecule has 0 aliphatic carbocycles. The van der Waals surface area contributed by atoms with E-state index < -0.39 is 0 Å². The number of hydrogen-bond acceptors (Lipinski definition) is 4.